The fourth-order valence-electron chi connectivity index (χ4n) is 3.69. The first-order valence-corrected chi connectivity index (χ1v) is 8.18. The number of aliphatic hydroxyl groups is 2. The number of alkyl halides is 6. The molecular weight excluding hydrogens is 368 g/mol. The van der Waals surface area contributed by atoms with Crippen molar-refractivity contribution in [2.24, 2.45) is 0 Å². The molecule has 3 rings (SSSR count). The molecule has 0 saturated carbocycles. The van der Waals surface area contributed by atoms with Crippen LogP contribution in [0.2, 0.25) is 0 Å². The fourth-order valence-corrected chi connectivity index (χ4v) is 3.69. The summed E-state index contributed by atoms with van der Waals surface area (Å²) in [7, 11) is 0. The molecule has 0 bridgehead atoms. The molecule has 2 N–H and O–H groups in total. The van der Waals surface area contributed by atoms with Crippen molar-refractivity contribution in [3.63, 3.8) is 0 Å². The summed E-state index contributed by atoms with van der Waals surface area (Å²) in [4.78, 5) is 3.35. The van der Waals surface area contributed by atoms with Gasteiger partial charge in [0.15, 0.2) is 0 Å². The summed E-state index contributed by atoms with van der Waals surface area (Å²) in [5.41, 5.74) is -4.17. The molecule has 4 nitrogen and oxygen atoms in total. The lowest BCUT2D eigenvalue weighted by molar-refractivity contribution is -0.147. The predicted molar refractivity (Wildman–Crippen MR) is 76.2 cm³/mol. The largest absolute Gasteiger partial charge is 0.433 e. The van der Waals surface area contributed by atoms with Gasteiger partial charge in [-0.3, -0.25) is 0 Å². The minimum absolute atomic E-state index is 0.117. The van der Waals surface area contributed by atoms with Gasteiger partial charge >= 0.3 is 12.4 Å². The van der Waals surface area contributed by atoms with E-state index in [0.717, 1.165) is 0 Å². The van der Waals surface area contributed by atoms with Gasteiger partial charge in [0.2, 0.25) is 0 Å². The zero-order valence-electron chi connectivity index (χ0n) is 13.5. The molecule has 3 atom stereocenters. The van der Waals surface area contributed by atoms with Crippen LogP contribution in [0.15, 0.2) is 0 Å². The summed E-state index contributed by atoms with van der Waals surface area (Å²) in [6.45, 7) is -0.657. The lowest BCUT2D eigenvalue weighted by Gasteiger charge is -2.28. The SMILES string of the molecule is OC[C@H]1O[C@@H](c2nc(C(F)(F)F)c3c(c2C(F)(F)F)CCCC3)C[C@@H]1O. The number of halogens is 6. The van der Waals surface area contributed by atoms with E-state index in [1.807, 2.05) is 0 Å². The van der Waals surface area contributed by atoms with Gasteiger partial charge in [0, 0.05) is 6.42 Å². The monoisotopic (exact) mass is 385 g/mol. The predicted octanol–water partition coefficient (Wildman–Crippen LogP) is 3.18. The molecule has 0 radical (unpaired) electrons. The summed E-state index contributed by atoms with van der Waals surface area (Å²) in [5, 5.41) is 18.9. The van der Waals surface area contributed by atoms with E-state index in [0.29, 0.717) is 12.8 Å². The van der Waals surface area contributed by atoms with Crippen LogP contribution in [-0.2, 0) is 29.9 Å². The van der Waals surface area contributed by atoms with Gasteiger partial charge in [-0.05, 0) is 36.8 Å². The minimum Gasteiger partial charge on any atom is -0.394 e. The van der Waals surface area contributed by atoms with Crippen molar-refractivity contribution in [2.45, 2.75) is 62.8 Å². The summed E-state index contributed by atoms with van der Waals surface area (Å²) < 4.78 is 86.5. The number of hydrogen-bond acceptors (Lipinski definition) is 4. The first kappa shape index (κ1) is 19.4. The van der Waals surface area contributed by atoms with E-state index < -0.39 is 59.8 Å². The van der Waals surface area contributed by atoms with Crippen LogP contribution in [-0.4, -0.2) is 34.0 Å². The zero-order chi connectivity index (χ0) is 19.3. The smallest absolute Gasteiger partial charge is 0.394 e. The number of pyridine rings is 1. The second-order valence-corrected chi connectivity index (χ2v) is 6.53. The third-order valence-corrected chi connectivity index (χ3v) is 4.80. The maximum absolute atomic E-state index is 13.7. The van der Waals surface area contributed by atoms with Crippen LogP contribution in [0.3, 0.4) is 0 Å². The third kappa shape index (κ3) is 3.41. The van der Waals surface area contributed by atoms with Crippen molar-refractivity contribution in [1.29, 1.82) is 0 Å². The number of aliphatic hydroxyl groups excluding tert-OH is 2. The van der Waals surface area contributed by atoms with Crippen LogP contribution in [0, 0.1) is 0 Å². The van der Waals surface area contributed by atoms with Crippen LogP contribution in [0.1, 0.15) is 53.4 Å². The summed E-state index contributed by atoms with van der Waals surface area (Å²) in [5.74, 6) is 0. The van der Waals surface area contributed by atoms with Gasteiger partial charge < -0.3 is 14.9 Å². The molecule has 10 heteroatoms. The third-order valence-electron chi connectivity index (χ3n) is 4.80. The molecule has 146 valence electrons. The van der Waals surface area contributed by atoms with Gasteiger partial charge in [0.05, 0.1) is 24.0 Å². The van der Waals surface area contributed by atoms with Crippen molar-refractivity contribution >= 4 is 0 Å². The van der Waals surface area contributed by atoms with Crippen molar-refractivity contribution in [2.75, 3.05) is 6.61 Å². The molecule has 1 aromatic heterocycles. The zero-order valence-corrected chi connectivity index (χ0v) is 13.5. The highest BCUT2D eigenvalue weighted by molar-refractivity contribution is 5.45. The number of fused-ring (bicyclic) bond motifs is 1. The van der Waals surface area contributed by atoms with Crippen molar-refractivity contribution < 1.29 is 41.3 Å². The first-order valence-electron chi connectivity index (χ1n) is 8.18. The van der Waals surface area contributed by atoms with Gasteiger partial charge in [-0.15, -0.1) is 0 Å². The molecule has 0 spiro atoms. The van der Waals surface area contributed by atoms with E-state index in [1.54, 1.807) is 0 Å². The Morgan fingerprint density at radius 3 is 2.12 bits per heavy atom. The average molecular weight is 385 g/mol. The highest BCUT2D eigenvalue weighted by atomic mass is 19.4. The number of aromatic nitrogens is 1. The molecule has 1 fully saturated rings. The quantitative estimate of drug-likeness (QED) is 0.768. The normalized spacial score (nSPS) is 26.8. The van der Waals surface area contributed by atoms with Gasteiger partial charge in [0.1, 0.15) is 17.9 Å². The van der Waals surface area contributed by atoms with Crippen LogP contribution >= 0.6 is 0 Å². The molecule has 1 saturated heterocycles. The van der Waals surface area contributed by atoms with Gasteiger partial charge in [0.25, 0.3) is 0 Å². The van der Waals surface area contributed by atoms with Gasteiger partial charge in [-0.25, -0.2) is 4.98 Å². The van der Waals surface area contributed by atoms with Crippen LogP contribution in [0.4, 0.5) is 26.3 Å². The lowest BCUT2D eigenvalue weighted by atomic mass is 9.85. The Morgan fingerprint density at radius 2 is 1.62 bits per heavy atom. The molecule has 1 aromatic rings. The molecule has 0 unspecified atom stereocenters. The maximum atomic E-state index is 13.7. The number of nitrogens with zero attached hydrogens (tertiary/aromatic N) is 1. The van der Waals surface area contributed by atoms with E-state index in [1.165, 1.54) is 0 Å². The second-order valence-electron chi connectivity index (χ2n) is 6.53. The molecule has 26 heavy (non-hydrogen) atoms. The highest BCUT2D eigenvalue weighted by Crippen LogP contribution is 2.46. The van der Waals surface area contributed by atoms with Crippen molar-refractivity contribution in [3.05, 3.63) is 28.1 Å². The van der Waals surface area contributed by atoms with E-state index in [2.05, 4.69) is 4.98 Å². The number of ether oxygens (including phenoxy) is 1. The van der Waals surface area contributed by atoms with Crippen molar-refractivity contribution in [1.82, 2.24) is 4.98 Å². The van der Waals surface area contributed by atoms with Gasteiger partial charge in [-0.1, -0.05) is 0 Å². The Labute approximate surface area is 144 Å². The highest BCUT2D eigenvalue weighted by Gasteiger charge is 2.47. The van der Waals surface area contributed by atoms with Crippen LogP contribution < -0.4 is 0 Å². The van der Waals surface area contributed by atoms with Gasteiger partial charge in [-0.2, -0.15) is 26.3 Å². The van der Waals surface area contributed by atoms with Crippen LogP contribution in [0.5, 0.6) is 0 Å². The topological polar surface area (TPSA) is 62.6 Å². The fraction of sp³-hybridized carbons (Fsp3) is 0.688. The molecule has 1 aliphatic heterocycles. The molecule has 0 amide bonds. The Morgan fingerprint density at radius 1 is 1.00 bits per heavy atom. The van der Waals surface area contributed by atoms with E-state index in [-0.39, 0.29) is 24.8 Å². The van der Waals surface area contributed by atoms with Crippen molar-refractivity contribution in [3.8, 4) is 0 Å². The summed E-state index contributed by atoms with van der Waals surface area (Å²) in [6, 6.07) is 0. The molecule has 0 aromatic carbocycles. The summed E-state index contributed by atoms with van der Waals surface area (Å²) >= 11 is 0. The standard InChI is InChI=1S/C16H17F6NO3/c17-15(18,19)12-7-3-1-2-4-8(7)14(16(20,21)22)23-13(12)10-5-9(25)11(6-24)26-10/h9-11,24-25H,1-6H2/t9-,10+,11+/m0/s1. The molecule has 2 aliphatic rings. The Balaban J connectivity index is 2.22. The van der Waals surface area contributed by atoms with E-state index in [4.69, 9.17) is 9.84 Å². The molecule has 2 heterocycles. The van der Waals surface area contributed by atoms with E-state index >= 15 is 0 Å². The summed E-state index contributed by atoms with van der Waals surface area (Å²) in [6.07, 6.45) is -13.6. The first-order chi connectivity index (χ1) is 12.0. The number of rotatable bonds is 2. The second kappa shape index (κ2) is 6.65. The number of hydrogen-bond donors (Lipinski definition) is 2. The lowest BCUT2D eigenvalue weighted by Crippen LogP contribution is -2.26. The Kier molecular flexibility index (Phi) is 4.95. The van der Waals surface area contributed by atoms with Crippen LogP contribution in [0.25, 0.3) is 0 Å². The average Bonchev–Trinajstić information content (AvgIpc) is 2.92. The molecule has 1 aliphatic carbocycles. The maximum Gasteiger partial charge on any atom is 0.433 e. The Hall–Kier alpha value is -1.39. The van der Waals surface area contributed by atoms with E-state index in [9.17, 15) is 31.4 Å². The minimum atomic E-state index is -4.90. The Bertz CT molecular complexity index is 688. The molecular formula is C16H17F6NO3.